The Morgan fingerprint density at radius 1 is 1.13 bits per heavy atom. The summed E-state index contributed by atoms with van der Waals surface area (Å²) in [6.45, 7) is 13.7. The van der Waals surface area contributed by atoms with Gasteiger partial charge in [0.2, 0.25) is 5.91 Å². The molecule has 2 heterocycles. The van der Waals surface area contributed by atoms with E-state index in [1.807, 2.05) is 36.1 Å². The van der Waals surface area contributed by atoms with Crippen molar-refractivity contribution in [3.8, 4) is 6.07 Å². The molecule has 1 aliphatic heterocycles. The van der Waals surface area contributed by atoms with Crippen LogP contribution in [0, 0.1) is 31.1 Å². The lowest BCUT2D eigenvalue weighted by molar-refractivity contribution is -0.133. The second-order valence-electron chi connectivity index (χ2n) is 8.69. The molecule has 0 aliphatic carbocycles. The molecule has 0 unspecified atom stereocenters. The smallest absolute Gasteiger partial charge is 0.222 e. The van der Waals surface area contributed by atoms with E-state index in [4.69, 9.17) is 5.26 Å². The van der Waals surface area contributed by atoms with Gasteiger partial charge in [0.1, 0.15) is 0 Å². The van der Waals surface area contributed by atoms with Crippen LogP contribution < -0.4 is 0 Å². The molecule has 2 aromatic rings. The van der Waals surface area contributed by atoms with Crippen molar-refractivity contribution in [1.82, 2.24) is 19.6 Å². The molecular weight excluding hydrogens is 374 g/mol. The molecule has 1 aliphatic rings. The van der Waals surface area contributed by atoms with Crippen LogP contribution in [0.2, 0.25) is 0 Å². The summed E-state index contributed by atoms with van der Waals surface area (Å²) in [6, 6.07) is 9.91. The summed E-state index contributed by atoms with van der Waals surface area (Å²) in [5.74, 6) is 0.793. The highest BCUT2D eigenvalue weighted by atomic mass is 16.2. The van der Waals surface area contributed by atoms with Gasteiger partial charge in [-0.2, -0.15) is 10.4 Å². The second-order valence-corrected chi connectivity index (χ2v) is 8.69. The molecule has 6 nitrogen and oxygen atoms in total. The minimum Gasteiger partial charge on any atom is -0.340 e. The van der Waals surface area contributed by atoms with E-state index >= 15 is 0 Å². The van der Waals surface area contributed by atoms with Gasteiger partial charge in [-0.15, -0.1) is 0 Å². The zero-order valence-electron chi connectivity index (χ0n) is 18.7. The van der Waals surface area contributed by atoms with E-state index in [0.29, 0.717) is 17.9 Å². The third kappa shape index (κ3) is 5.48. The molecule has 0 bridgehead atoms. The molecule has 1 fully saturated rings. The molecule has 0 N–H and O–H groups in total. The Hall–Kier alpha value is -2.65. The van der Waals surface area contributed by atoms with E-state index in [-0.39, 0.29) is 5.91 Å². The summed E-state index contributed by atoms with van der Waals surface area (Å²) in [5.41, 5.74) is 5.37. The number of piperazine rings is 1. The predicted molar refractivity (Wildman–Crippen MR) is 118 cm³/mol. The fraction of sp³-hybridized carbons (Fsp3) is 0.542. The maximum atomic E-state index is 12.8. The summed E-state index contributed by atoms with van der Waals surface area (Å²) >= 11 is 0. The molecule has 0 saturated carbocycles. The number of hydrogen-bond acceptors (Lipinski definition) is 4. The van der Waals surface area contributed by atoms with Crippen molar-refractivity contribution in [2.75, 3.05) is 26.2 Å². The molecule has 30 heavy (non-hydrogen) atoms. The second kappa shape index (κ2) is 9.90. The highest BCUT2D eigenvalue weighted by Gasteiger charge is 2.22. The van der Waals surface area contributed by atoms with Crippen molar-refractivity contribution in [2.24, 2.45) is 5.92 Å². The number of amides is 1. The Labute approximate surface area is 180 Å². The van der Waals surface area contributed by atoms with Gasteiger partial charge in [-0.3, -0.25) is 14.4 Å². The van der Waals surface area contributed by atoms with E-state index in [1.165, 1.54) is 16.8 Å². The van der Waals surface area contributed by atoms with Crippen LogP contribution in [0.15, 0.2) is 24.3 Å². The highest BCUT2D eigenvalue weighted by Crippen LogP contribution is 2.18. The SMILES string of the molecule is Cc1nn(CC(C)C)c(C)c1CCC(=O)N1CCN(Cc2ccc(C#N)cc2)CC1. The summed E-state index contributed by atoms with van der Waals surface area (Å²) in [7, 11) is 0. The quantitative estimate of drug-likeness (QED) is 0.706. The maximum Gasteiger partial charge on any atom is 0.222 e. The number of hydrogen-bond donors (Lipinski definition) is 0. The number of aromatic nitrogens is 2. The number of nitrogens with zero attached hydrogens (tertiary/aromatic N) is 5. The molecule has 3 rings (SSSR count). The molecule has 6 heteroatoms. The number of nitriles is 1. The van der Waals surface area contributed by atoms with Gasteiger partial charge in [0, 0.05) is 51.4 Å². The van der Waals surface area contributed by atoms with Crippen LogP contribution in [0.25, 0.3) is 0 Å². The fourth-order valence-corrected chi connectivity index (χ4v) is 4.11. The summed E-state index contributed by atoms with van der Waals surface area (Å²) < 4.78 is 2.09. The lowest BCUT2D eigenvalue weighted by Gasteiger charge is -2.34. The van der Waals surface area contributed by atoms with Crippen molar-refractivity contribution in [3.63, 3.8) is 0 Å². The van der Waals surface area contributed by atoms with Crippen LogP contribution in [-0.2, 0) is 24.3 Å². The summed E-state index contributed by atoms with van der Waals surface area (Å²) in [6.07, 6.45) is 1.31. The number of aryl methyl sites for hydroxylation is 1. The van der Waals surface area contributed by atoms with E-state index in [1.54, 1.807) is 0 Å². The number of carbonyl (C=O) groups is 1. The fourth-order valence-electron chi connectivity index (χ4n) is 4.11. The minimum atomic E-state index is 0.239. The molecule has 0 radical (unpaired) electrons. The largest absolute Gasteiger partial charge is 0.340 e. The van der Waals surface area contributed by atoms with Gasteiger partial charge in [-0.05, 0) is 49.4 Å². The number of rotatable bonds is 7. The first-order chi connectivity index (χ1) is 14.4. The molecule has 1 aromatic carbocycles. The number of benzene rings is 1. The molecule has 1 saturated heterocycles. The van der Waals surface area contributed by atoms with Gasteiger partial charge in [0.05, 0.1) is 17.3 Å². The Kier molecular flexibility index (Phi) is 7.28. The Morgan fingerprint density at radius 3 is 2.40 bits per heavy atom. The lowest BCUT2D eigenvalue weighted by Crippen LogP contribution is -2.48. The normalized spacial score (nSPS) is 14.9. The van der Waals surface area contributed by atoms with Gasteiger partial charge in [-0.25, -0.2) is 0 Å². The van der Waals surface area contributed by atoms with E-state index in [0.717, 1.165) is 51.4 Å². The van der Waals surface area contributed by atoms with Crippen molar-refractivity contribution in [1.29, 1.82) is 5.26 Å². The van der Waals surface area contributed by atoms with E-state index < -0.39 is 0 Å². The van der Waals surface area contributed by atoms with Crippen LogP contribution in [-0.4, -0.2) is 51.7 Å². The van der Waals surface area contributed by atoms with Crippen LogP contribution in [0.1, 0.15) is 48.3 Å². The zero-order chi connectivity index (χ0) is 21.7. The first kappa shape index (κ1) is 22.0. The van der Waals surface area contributed by atoms with Gasteiger partial charge < -0.3 is 4.90 Å². The molecule has 160 valence electrons. The third-order valence-corrected chi connectivity index (χ3v) is 5.87. The average Bonchev–Trinajstić information content (AvgIpc) is 2.99. The lowest BCUT2D eigenvalue weighted by atomic mass is 10.1. The average molecular weight is 408 g/mol. The first-order valence-corrected chi connectivity index (χ1v) is 10.9. The first-order valence-electron chi connectivity index (χ1n) is 10.9. The van der Waals surface area contributed by atoms with Crippen molar-refractivity contribution >= 4 is 5.91 Å². The standard InChI is InChI=1S/C24H33N5O/c1-18(2)16-29-20(4)23(19(3)26-29)9-10-24(30)28-13-11-27(12-14-28)17-22-7-5-21(15-25)6-8-22/h5-8,18H,9-14,16-17H2,1-4H3. The molecule has 1 aromatic heterocycles. The van der Waals surface area contributed by atoms with Gasteiger partial charge >= 0.3 is 0 Å². The number of carbonyl (C=O) groups excluding carboxylic acids is 1. The Morgan fingerprint density at radius 2 is 1.80 bits per heavy atom. The maximum absolute atomic E-state index is 12.8. The zero-order valence-corrected chi connectivity index (χ0v) is 18.7. The van der Waals surface area contributed by atoms with Crippen molar-refractivity contribution in [3.05, 3.63) is 52.3 Å². The van der Waals surface area contributed by atoms with Crippen LogP contribution in [0.3, 0.4) is 0 Å². The van der Waals surface area contributed by atoms with Gasteiger partial charge in [-0.1, -0.05) is 26.0 Å². The molecular formula is C24H33N5O. The van der Waals surface area contributed by atoms with Crippen LogP contribution in [0.4, 0.5) is 0 Å². The predicted octanol–water partition coefficient (Wildman–Crippen LogP) is 3.30. The van der Waals surface area contributed by atoms with Crippen molar-refractivity contribution < 1.29 is 4.79 Å². The van der Waals surface area contributed by atoms with E-state index in [9.17, 15) is 4.79 Å². The Balaban J connectivity index is 1.47. The molecule has 0 atom stereocenters. The minimum absolute atomic E-state index is 0.239. The van der Waals surface area contributed by atoms with E-state index in [2.05, 4.69) is 41.5 Å². The topological polar surface area (TPSA) is 65.2 Å². The molecule has 1 amide bonds. The van der Waals surface area contributed by atoms with Crippen LogP contribution >= 0.6 is 0 Å². The summed E-state index contributed by atoms with van der Waals surface area (Å²) in [5, 5.41) is 13.6. The van der Waals surface area contributed by atoms with Gasteiger partial charge in [0.15, 0.2) is 0 Å². The molecule has 0 spiro atoms. The third-order valence-electron chi connectivity index (χ3n) is 5.87. The van der Waals surface area contributed by atoms with Gasteiger partial charge in [0.25, 0.3) is 0 Å². The van der Waals surface area contributed by atoms with Crippen LogP contribution in [0.5, 0.6) is 0 Å². The summed E-state index contributed by atoms with van der Waals surface area (Å²) in [4.78, 5) is 17.1. The Bertz CT molecular complexity index is 899. The van der Waals surface area contributed by atoms with Crippen molar-refractivity contribution in [2.45, 2.75) is 53.6 Å². The highest BCUT2D eigenvalue weighted by molar-refractivity contribution is 5.76. The monoisotopic (exact) mass is 407 g/mol.